The van der Waals surface area contributed by atoms with Crippen LogP contribution in [0.4, 0.5) is 5.69 Å². The number of aliphatic carboxylic acids is 2. The van der Waals surface area contributed by atoms with E-state index in [0.29, 0.717) is 11.3 Å². The Bertz CT molecular complexity index is 541. The number of carbonyl (C=O) groups is 3. The van der Waals surface area contributed by atoms with Crippen LogP contribution in [0.25, 0.3) is 0 Å². The molecule has 2 atom stereocenters. The average molecular weight is 294 g/mol. The van der Waals surface area contributed by atoms with E-state index in [1.807, 2.05) is 0 Å². The van der Waals surface area contributed by atoms with Gasteiger partial charge < -0.3 is 20.8 Å². The van der Waals surface area contributed by atoms with E-state index in [0.717, 1.165) is 0 Å². The minimum Gasteiger partial charge on any atom is -0.481 e. The maximum absolute atomic E-state index is 11.2. The topological polar surface area (TPSA) is 121 Å². The Morgan fingerprint density at radius 1 is 1.10 bits per heavy atom. The van der Waals surface area contributed by atoms with Crippen molar-refractivity contribution in [1.82, 2.24) is 0 Å². The fraction of sp³-hybridized carbons (Fsp3) is 0.357. The van der Waals surface area contributed by atoms with E-state index in [4.69, 9.17) is 15.9 Å². The number of hydrogen-bond donors (Lipinski definition) is 3. The zero-order valence-electron chi connectivity index (χ0n) is 11.8. The van der Waals surface area contributed by atoms with Gasteiger partial charge in [0.1, 0.15) is 6.04 Å². The first-order valence-electron chi connectivity index (χ1n) is 6.36. The summed E-state index contributed by atoms with van der Waals surface area (Å²) in [5.41, 5.74) is 5.96. The van der Waals surface area contributed by atoms with E-state index in [-0.39, 0.29) is 6.54 Å². The normalized spacial score (nSPS) is 13.2. The van der Waals surface area contributed by atoms with Crippen molar-refractivity contribution in [3.8, 4) is 0 Å². The Balaban J connectivity index is 3.08. The van der Waals surface area contributed by atoms with Crippen molar-refractivity contribution in [2.45, 2.75) is 19.9 Å². The molecule has 0 saturated carbocycles. The smallest absolute Gasteiger partial charge is 0.326 e. The van der Waals surface area contributed by atoms with Crippen LogP contribution in [0, 0.1) is 5.92 Å². The lowest BCUT2D eigenvalue weighted by molar-refractivity contribution is -0.142. The lowest BCUT2D eigenvalue weighted by atomic mass is 10.1. The summed E-state index contributed by atoms with van der Waals surface area (Å²) in [5.74, 6) is -3.39. The molecule has 2 unspecified atom stereocenters. The Kier molecular flexibility index (Phi) is 5.29. The first-order valence-corrected chi connectivity index (χ1v) is 6.36. The number of amides is 1. The molecule has 0 saturated heterocycles. The molecule has 7 heteroatoms. The van der Waals surface area contributed by atoms with Crippen LogP contribution in [0.1, 0.15) is 24.2 Å². The van der Waals surface area contributed by atoms with Gasteiger partial charge in [0.2, 0.25) is 5.91 Å². The summed E-state index contributed by atoms with van der Waals surface area (Å²) < 4.78 is 0. The number of carbonyl (C=O) groups excluding carboxylic acids is 1. The minimum atomic E-state index is -1.06. The zero-order valence-corrected chi connectivity index (χ0v) is 11.8. The number of hydrogen-bond acceptors (Lipinski definition) is 4. The molecule has 1 amide bonds. The first-order chi connectivity index (χ1) is 9.73. The predicted molar refractivity (Wildman–Crippen MR) is 76.2 cm³/mol. The number of primary amides is 1. The van der Waals surface area contributed by atoms with Crippen LogP contribution in [-0.2, 0) is 9.59 Å². The predicted octanol–water partition coefficient (Wildman–Crippen LogP) is 0.786. The molecule has 21 heavy (non-hydrogen) atoms. The van der Waals surface area contributed by atoms with Gasteiger partial charge in [0, 0.05) is 17.8 Å². The van der Waals surface area contributed by atoms with Gasteiger partial charge in [-0.15, -0.1) is 0 Å². The summed E-state index contributed by atoms with van der Waals surface area (Å²) in [6.45, 7) is 3.01. The summed E-state index contributed by atoms with van der Waals surface area (Å²) in [5, 5.41) is 18.1. The van der Waals surface area contributed by atoms with Crippen LogP contribution < -0.4 is 10.6 Å². The zero-order chi connectivity index (χ0) is 16.2. The Hall–Kier alpha value is -2.57. The van der Waals surface area contributed by atoms with Crippen molar-refractivity contribution in [1.29, 1.82) is 0 Å². The van der Waals surface area contributed by atoms with E-state index in [1.54, 1.807) is 12.1 Å². The average Bonchev–Trinajstić information content (AvgIpc) is 2.43. The van der Waals surface area contributed by atoms with E-state index >= 15 is 0 Å². The fourth-order valence-corrected chi connectivity index (χ4v) is 1.81. The lowest BCUT2D eigenvalue weighted by Crippen LogP contribution is -2.43. The summed E-state index contributed by atoms with van der Waals surface area (Å²) in [6.07, 6.45) is 0. The second-order valence-electron chi connectivity index (χ2n) is 4.82. The third-order valence-corrected chi connectivity index (χ3v) is 3.20. The molecule has 7 nitrogen and oxygen atoms in total. The quantitative estimate of drug-likeness (QED) is 0.683. The number of nitrogens with zero attached hydrogens (tertiary/aromatic N) is 1. The Morgan fingerprint density at radius 2 is 1.62 bits per heavy atom. The summed E-state index contributed by atoms with van der Waals surface area (Å²) in [4.78, 5) is 34.6. The molecule has 0 spiro atoms. The first kappa shape index (κ1) is 16.5. The molecule has 1 aromatic carbocycles. The van der Waals surface area contributed by atoms with Crippen LogP contribution in [0.15, 0.2) is 24.3 Å². The number of carboxylic acid groups (broad SMARTS) is 2. The van der Waals surface area contributed by atoms with Crippen LogP contribution in [0.5, 0.6) is 0 Å². The fourth-order valence-electron chi connectivity index (χ4n) is 1.81. The largest absolute Gasteiger partial charge is 0.481 e. The van der Waals surface area contributed by atoms with E-state index in [2.05, 4.69) is 0 Å². The molecule has 0 aliphatic heterocycles. The Morgan fingerprint density at radius 3 is 2.00 bits per heavy atom. The number of nitrogens with two attached hydrogens (primary N) is 1. The van der Waals surface area contributed by atoms with Crippen molar-refractivity contribution in [3.05, 3.63) is 29.8 Å². The van der Waals surface area contributed by atoms with E-state index < -0.39 is 29.8 Å². The van der Waals surface area contributed by atoms with Gasteiger partial charge in [-0.3, -0.25) is 9.59 Å². The van der Waals surface area contributed by atoms with Gasteiger partial charge in [-0.1, -0.05) is 6.92 Å². The molecule has 114 valence electrons. The highest BCUT2D eigenvalue weighted by Crippen LogP contribution is 2.20. The van der Waals surface area contributed by atoms with Crippen molar-refractivity contribution in [2.24, 2.45) is 11.7 Å². The molecule has 4 N–H and O–H groups in total. The molecular formula is C14H18N2O5. The number of carboxylic acids is 2. The molecule has 0 aromatic heterocycles. The van der Waals surface area contributed by atoms with Crippen LogP contribution in [0.3, 0.4) is 0 Å². The number of rotatable bonds is 7. The molecular weight excluding hydrogens is 276 g/mol. The van der Waals surface area contributed by atoms with Crippen LogP contribution in [0.2, 0.25) is 0 Å². The maximum Gasteiger partial charge on any atom is 0.326 e. The van der Waals surface area contributed by atoms with Gasteiger partial charge in [0.05, 0.1) is 5.92 Å². The van der Waals surface area contributed by atoms with Gasteiger partial charge in [-0.05, 0) is 31.2 Å². The van der Waals surface area contributed by atoms with Gasteiger partial charge in [0.25, 0.3) is 0 Å². The molecule has 1 aromatic rings. The standard InChI is InChI=1S/C14H18N2O5/c1-8(13(18)19)7-16(9(2)14(20)21)11-5-3-10(4-6-11)12(15)17/h3-6,8-9H,7H2,1-2H3,(H2,15,17)(H,18,19)(H,20,21). The lowest BCUT2D eigenvalue weighted by Gasteiger charge is -2.30. The van der Waals surface area contributed by atoms with Gasteiger partial charge >= 0.3 is 11.9 Å². The van der Waals surface area contributed by atoms with Crippen molar-refractivity contribution >= 4 is 23.5 Å². The summed E-state index contributed by atoms with van der Waals surface area (Å²) >= 11 is 0. The Labute approximate surface area is 122 Å². The molecule has 0 radical (unpaired) electrons. The molecule has 0 bridgehead atoms. The van der Waals surface area contributed by atoms with Gasteiger partial charge in [-0.2, -0.15) is 0 Å². The summed E-state index contributed by atoms with van der Waals surface area (Å²) in [6, 6.07) is 5.16. The second kappa shape index (κ2) is 6.74. The molecule has 0 aliphatic carbocycles. The van der Waals surface area contributed by atoms with Crippen molar-refractivity contribution < 1.29 is 24.6 Å². The highest BCUT2D eigenvalue weighted by atomic mass is 16.4. The number of anilines is 1. The monoisotopic (exact) mass is 294 g/mol. The molecule has 0 heterocycles. The van der Waals surface area contributed by atoms with Gasteiger partial charge in [0.15, 0.2) is 0 Å². The van der Waals surface area contributed by atoms with Gasteiger partial charge in [-0.25, -0.2) is 4.79 Å². The van der Waals surface area contributed by atoms with Crippen LogP contribution in [-0.4, -0.2) is 40.6 Å². The minimum absolute atomic E-state index is 0.0404. The van der Waals surface area contributed by atoms with Crippen molar-refractivity contribution in [3.63, 3.8) is 0 Å². The van der Waals surface area contributed by atoms with Crippen molar-refractivity contribution in [2.75, 3.05) is 11.4 Å². The number of benzene rings is 1. The second-order valence-corrected chi connectivity index (χ2v) is 4.82. The van der Waals surface area contributed by atoms with Crippen LogP contribution >= 0.6 is 0 Å². The SMILES string of the molecule is CC(CN(c1ccc(C(N)=O)cc1)C(C)C(=O)O)C(=O)O. The molecule has 1 rings (SSSR count). The highest BCUT2D eigenvalue weighted by Gasteiger charge is 2.25. The third kappa shape index (κ3) is 4.20. The molecule has 0 fully saturated rings. The van der Waals surface area contributed by atoms with E-state index in [1.165, 1.54) is 30.9 Å². The summed E-state index contributed by atoms with van der Waals surface area (Å²) in [7, 11) is 0. The maximum atomic E-state index is 11.2. The third-order valence-electron chi connectivity index (χ3n) is 3.20. The highest BCUT2D eigenvalue weighted by molar-refractivity contribution is 5.93. The van der Waals surface area contributed by atoms with E-state index in [9.17, 15) is 14.4 Å². The molecule has 0 aliphatic rings.